The van der Waals surface area contributed by atoms with Gasteiger partial charge >= 0.3 is 0 Å². The molecular formula is C16H29IN6S. The summed E-state index contributed by atoms with van der Waals surface area (Å²) in [5.41, 5.74) is 0. The first kappa shape index (κ1) is 23.1. The van der Waals surface area contributed by atoms with Gasteiger partial charge in [-0.2, -0.15) is 0 Å². The topological polar surface area (TPSA) is 67.1 Å². The van der Waals surface area contributed by atoms with Crippen molar-refractivity contribution in [2.45, 2.75) is 45.3 Å². The molecule has 136 valence electrons. The van der Waals surface area contributed by atoms with Crippen molar-refractivity contribution in [1.82, 2.24) is 25.4 Å². The molecule has 0 saturated carbocycles. The first-order chi connectivity index (χ1) is 11.1. The second-order valence-corrected chi connectivity index (χ2v) is 6.30. The number of rotatable bonds is 9. The van der Waals surface area contributed by atoms with Crippen LogP contribution in [0.3, 0.4) is 0 Å². The van der Waals surface area contributed by atoms with Gasteiger partial charge in [0.2, 0.25) is 0 Å². The van der Waals surface area contributed by atoms with Crippen LogP contribution in [0.4, 0.5) is 0 Å². The largest absolute Gasteiger partial charge is 0.357 e. The maximum absolute atomic E-state index is 5.26. The van der Waals surface area contributed by atoms with Crippen molar-refractivity contribution < 1.29 is 0 Å². The fourth-order valence-electron chi connectivity index (χ4n) is 2.11. The highest BCUT2D eigenvalue weighted by molar-refractivity contribution is 14.0. The molecule has 0 bridgehead atoms. The van der Waals surface area contributed by atoms with Crippen LogP contribution < -0.4 is 10.6 Å². The highest BCUT2D eigenvalue weighted by Crippen LogP contribution is 2.16. The van der Waals surface area contributed by atoms with Crippen molar-refractivity contribution in [3.63, 3.8) is 0 Å². The van der Waals surface area contributed by atoms with E-state index in [2.05, 4.69) is 50.2 Å². The number of terminal acetylenes is 1. The zero-order chi connectivity index (χ0) is 17.1. The summed E-state index contributed by atoms with van der Waals surface area (Å²) in [5.74, 6) is 4.93. The van der Waals surface area contributed by atoms with Crippen LogP contribution in [-0.4, -0.2) is 46.6 Å². The van der Waals surface area contributed by atoms with Crippen LogP contribution >= 0.6 is 35.7 Å². The molecule has 0 fully saturated rings. The van der Waals surface area contributed by atoms with Crippen molar-refractivity contribution >= 4 is 41.7 Å². The molecule has 24 heavy (non-hydrogen) atoms. The average molecular weight is 464 g/mol. The summed E-state index contributed by atoms with van der Waals surface area (Å²) in [4.78, 5) is 4.52. The molecule has 1 aromatic heterocycles. The standard InChI is InChI=1S/C16H28N6S.HI/c1-6-10-18-15(17-7-2)19-11-8-9-14-20-21-16(23-5)22(14)12-13(3)4;/h1,13H,7-12H2,2-5H3,(H2,17,18,19);1H. The summed E-state index contributed by atoms with van der Waals surface area (Å²) in [7, 11) is 0. The van der Waals surface area contributed by atoms with Gasteiger partial charge in [-0.1, -0.05) is 31.5 Å². The van der Waals surface area contributed by atoms with E-state index in [1.54, 1.807) is 11.8 Å². The fourth-order valence-corrected chi connectivity index (χ4v) is 2.63. The van der Waals surface area contributed by atoms with E-state index in [0.717, 1.165) is 49.4 Å². The van der Waals surface area contributed by atoms with Crippen molar-refractivity contribution in [2.24, 2.45) is 10.9 Å². The number of nitrogens with zero attached hydrogens (tertiary/aromatic N) is 4. The second kappa shape index (κ2) is 13.4. The molecule has 0 radical (unpaired) electrons. The molecule has 0 aliphatic heterocycles. The van der Waals surface area contributed by atoms with Gasteiger partial charge in [-0.25, -0.2) is 0 Å². The van der Waals surface area contributed by atoms with Crippen molar-refractivity contribution in [1.29, 1.82) is 0 Å². The van der Waals surface area contributed by atoms with Crippen molar-refractivity contribution in [2.75, 3.05) is 25.9 Å². The van der Waals surface area contributed by atoms with E-state index < -0.39 is 0 Å². The quantitative estimate of drug-likeness (QED) is 0.147. The molecule has 0 unspecified atom stereocenters. The van der Waals surface area contributed by atoms with Crippen molar-refractivity contribution in [3.05, 3.63) is 5.82 Å². The minimum atomic E-state index is 0. The van der Waals surface area contributed by atoms with Crippen LogP contribution in [-0.2, 0) is 13.0 Å². The lowest BCUT2D eigenvalue weighted by Gasteiger charge is -2.11. The number of nitrogens with one attached hydrogen (secondary N) is 2. The summed E-state index contributed by atoms with van der Waals surface area (Å²) in [6.45, 7) is 9.42. The Morgan fingerprint density at radius 3 is 2.71 bits per heavy atom. The number of thioether (sulfide) groups is 1. The van der Waals surface area contributed by atoms with E-state index in [1.165, 1.54) is 0 Å². The molecule has 6 nitrogen and oxygen atoms in total. The Hall–Kier alpha value is -0.950. The molecule has 2 N–H and O–H groups in total. The third kappa shape index (κ3) is 8.24. The van der Waals surface area contributed by atoms with E-state index >= 15 is 0 Å². The molecule has 0 spiro atoms. The Labute approximate surface area is 167 Å². The Morgan fingerprint density at radius 1 is 1.38 bits per heavy atom. The molecule has 8 heteroatoms. The number of aromatic nitrogens is 3. The SMILES string of the molecule is C#CCNC(=NCCCc1nnc(SC)n1CC(C)C)NCC.I. The van der Waals surface area contributed by atoms with Gasteiger partial charge < -0.3 is 15.2 Å². The third-order valence-electron chi connectivity index (χ3n) is 3.05. The zero-order valence-electron chi connectivity index (χ0n) is 15.0. The number of aryl methyl sites for hydroxylation is 1. The van der Waals surface area contributed by atoms with E-state index in [4.69, 9.17) is 6.42 Å². The highest BCUT2D eigenvalue weighted by atomic mass is 127. The van der Waals surface area contributed by atoms with E-state index in [9.17, 15) is 0 Å². The number of halogens is 1. The molecule has 0 aliphatic rings. The molecule has 0 aliphatic carbocycles. The van der Waals surface area contributed by atoms with E-state index in [0.29, 0.717) is 12.5 Å². The van der Waals surface area contributed by atoms with Crippen LogP contribution in [0.15, 0.2) is 10.1 Å². The average Bonchev–Trinajstić information content (AvgIpc) is 2.90. The molecule has 1 rings (SSSR count). The minimum Gasteiger partial charge on any atom is -0.357 e. The maximum Gasteiger partial charge on any atom is 0.192 e. The molecular weight excluding hydrogens is 435 g/mol. The smallest absolute Gasteiger partial charge is 0.192 e. The molecule has 0 atom stereocenters. The van der Waals surface area contributed by atoms with Gasteiger partial charge in [-0.3, -0.25) is 4.99 Å². The fraction of sp³-hybridized carbons (Fsp3) is 0.688. The number of guanidine groups is 1. The summed E-state index contributed by atoms with van der Waals surface area (Å²) in [6, 6.07) is 0. The summed E-state index contributed by atoms with van der Waals surface area (Å²) in [5, 5.41) is 15.8. The highest BCUT2D eigenvalue weighted by Gasteiger charge is 2.12. The van der Waals surface area contributed by atoms with E-state index in [-0.39, 0.29) is 24.0 Å². The molecule has 0 saturated heterocycles. The summed E-state index contributed by atoms with van der Waals surface area (Å²) in [6.07, 6.45) is 9.10. The lowest BCUT2D eigenvalue weighted by atomic mass is 10.2. The Morgan fingerprint density at radius 2 is 2.12 bits per heavy atom. The predicted molar refractivity (Wildman–Crippen MR) is 113 cm³/mol. The van der Waals surface area contributed by atoms with Gasteiger partial charge in [-0.15, -0.1) is 40.6 Å². The number of hydrogen-bond acceptors (Lipinski definition) is 4. The van der Waals surface area contributed by atoms with Crippen LogP contribution in [0.2, 0.25) is 0 Å². The summed E-state index contributed by atoms with van der Waals surface area (Å²) < 4.78 is 2.22. The first-order valence-electron chi connectivity index (χ1n) is 8.04. The maximum atomic E-state index is 5.26. The summed E-state index contributed by atoms with van der Waals surface area (Å²) >= 11 is 1.64. The Balaban J connectivity index is 0.00000529. The Kier molecular flexibility index (Phi) is 12.8. The third-order valence-corrected chi connectivity index (χ3v) is 3.72. The number of hydrogen-bond donors (Lipinski definition) is 2. The minimum absolute atomic E-state index is 0. The zero-order valence-corrected chi connectivity index (χ0v) is 18.1. The molecule has 0 aromatic carbocycles. The van der Waals surface area contributed by atoms with Gasteiger partial charge in [0.25, 0.3) is 0 Å². The molecule has 0 amide bonds. The monoisotopic (exact) mass is 464 g/mol. The van der Waals surface area contributed by atoms with Gasteiger partial charge in [0, 0.05) is 26.1 Å². The van der Waals surface area contributed by atoms with Gasteiger partial charge in [-0.05, 0) is 25.5 Å². The van der Waals surface area contributed by atoms with Crippen LogP contribution in [0, 0.1) is 18.3 Å². The van der Waals surface area contributed by atoms with Gasteiger partial charge in [0.15, 0.2) is 11.1 Å². The molecule has 1 aromatic rings. The van der Waals surface area contributed by atoms with E-state index in [1.807, 2.05) is 13.2 Å². The second-order valence-electron chi connectivity index (χ2n) is 5.53. The predicted octanol–water partition coefficient (Wildman–Crippen LogP) is 2.39. The van der Waals surface area contributed by atoms with Crippen LogP contribution in [0.25, 0.3) is 0 Å². The van der Waals surface area contributed by atoms with Gasteiger partial charge in [0.05, 0.1) is 6.54 Å². The van der Waals surface area contributed by atoms with Crippen LogP contribution in [0.1, 0.15) is 33.0 Å². The number of aliphatic imine (C=N–C) groups is 1. The lowest BCUT2D eigenvalue weighted by Crippen LogP contribution is -2.37. The van der Waals surface area contributed by atoms with Crippen molar-refractivity contribution in [3.8, 4) is 12.3 Å². The van der Waals surface area contributed by atoms with Gasteiger partial charge in [0.1, 0.15) is 5.82 Å². The lowest BCUT2D eigenvalue weighted by molar-refractivity contribution is 0.477. The first-order valence-corrected chi connectivity index (χ1v) is 9.26. The molecule has 1 heterocycles. The Bertz CT molecular complexity index is 535. The van der Waals surface area contributed by atoms with Crippen LogP contribution in [0.5, 0.6) is 0 Å². The normalized spacial score (nSPS) is 11.1.